The fraction of sp³-hybridized carbons (Fsp3) is 0. The van der Waals surface area contributed by atoms with Crippen LogP contribution in [0.3, 0.4) is 0 Å². The zero-order valence-corrected chi connectivity index (χ0v) is 29.9. The van der Waals surface area contributed by atoms with Crippen molar-refractivity contribution >= 4 is 43.6 Å². The molecule has 0 bridgehead atoms. The van der Waals surface area contributed by atoms with E-state index in [2.05, 4.69) is 138 Å². The van der Waals surface area contributed by atoms with E-state index >= 15 is 0 Å². The summed E-state index contributed by atoms with van der Waals surface area (Å²) in [7, 11) is 0. The maximum absolute atomic E-state index is 5.37. The van der Waals surface area contributed by atoms with E-state index in [0.29, 0.717) is 17.6 Å². The van der Waals surface area contributed by atoms with Crippen molar-refractivity contribution in [2.75, 3.05) is 0 Å². The Balaban J connectivity index is 1.31. The molecule has 0 fully saturated rings. The fourth-order valence-electron chi connectivity index (χ4n) is 7.88. The van der Waals surface area contributed by atoms with Gasteiger partial charge in [0.1, 0.15) is 0 Å². The molecule has 0 unspecified atom stereocenters. The Labute approximate surface area is 321 Å². The molecule has 0 saturated carbocycles. The second-order valence-electron chi connectivity index (χ2n) is 13.6. The van der Waals surface area contributed by atoms with Crippen LogP contribution in [0.15, 0.2) is 183 Å². The zero-order valence-electron chi connectivity index (χ0n) is 29.9. The van der Waals surface area contributed by atoms with Crippen LogP contribution >= 0.6 is 0 Å². The first-order valence-corrected chi connectivity index (χ1v) is 18.4. The summed E-state index contributed by atoms with van der Waals surface area (Å²) in [4.78, 5) is 29.1. The summed E-state index contributed by atoms with van der Waals surface area (Å²) in [5.74, 6) is 1.92. The van der Waals surface area contributed by atoms with Gasteiger partial charge in [0.2, 0.25) is 5.95 Å². The molecule has 8 nitrogen and oxygen atoms in total. The number of benzene rings is 6. The lowest BCUT2D eigenvalue weighted by atomic mass is 10.1. The lowest BCUT2D eigenvalue weighted by Gasteiger charge is -2.14. The molecule has 0 aliphatic rings. The Kier molecular flexibility index (Phi) is 7.31. The van der Waals surface area contributed by atoms with Gasteiger partial charge in [-0.05, 0) is 66.7 Å². The largest absolute Gasteiger partial charge is 0.307 e. The van der Waals surface area contributed by atoms with Crippen molar-refractivity contribution in [2.24, 2.45) is 0 Å². The first-order valence-electron chi connectivity index (χ1n) is 18.4. The number of hydrogen-bond acceptors (Lipinski definition) is 6. The Morgan fingerprint density at radius 3 is 1.29 bits per heavy atom. The van der Waals surface area contributed by atoms with Crippen molar-refractivity contribution in [3.05, 3.63) is 183 Å². The van der Waals surface area contributed by atoms with E-state index in [1.54, 1.807) is 24.8 Å². The molecule has 0 N–H and O–H groups in total. The van der Waals surface area contributed by atoms with Crippen molar-refractivity contribution in [3.8, 4) is 56.9 Å². The second-order valence-corrected chi connectivity index (χ2v) is 13.6. The third-order valence-electron chi connectivity index (χ3n) is 10.4. The van der Waals surface area contributed by atoms with Gasteiger partial charge < -0.3 is 4.57 Å². The molecule has 262 valence electrons. The normalized spacial score (nSPS) is 11.6. The predicted molar refractivity (Wildman–Crippen MR) is 224 cm³/mol. The Bertz CT molecular complexity index is 3160. The molecule has 5 heterocycles. The van der Waals surface area contributed by atoms with Crippen LogP contribution in [0, 0.1) is 0 Å². The molecule has 0 spiro atoms. The van der Waals surface area contributed by atoms with Crippen molar-refractivity contribution in [1.29, 1.82) is 0 Å². The zero-order chi connectivity index (χ0) is 37.0. The monoisotopic (exact) mass is 718 g/mol. The molecule has 0 radical (unpaired) electrons. The van der Waals surface area contributed by atoms with Crippen molar-refractivity contribution in [2.45, 2.75) is 0 Å². The molecule has 6 aromatic carbocycles. The molecule has 0 saturated heterocycles. The van der Waals surface area contributed by atoms with Crippen LogP contribution < -0.4 is 0 Å². The minimum Gasteiger partial charge on any atom is -0.307 e. The summed E-state index contributed by atoms with van der Waals surface area (Å²) in [6, 6.07) is 54.3. The van der Waals surface area contributed by atoms with Crippen molar-refractivity contribution in [1.82, 2.24) is 39.0 Å². The topological polar surface area (TPSA) is 87.2 Å². The number of para-hydroxylation sites is 1. The van der Waals surface area contributed by atoms with Gasteiger partial charge in [0, 0.05) is 74.3 Å². The average molecular weight is 719 g/mol. The van der Waals surface area contributed by atoms with Gasteiger partial charge in [-0.3, -0.25) is 4.57 Å². The van der Waals surface area contributed by atoms with Gasteiger partial charge in [0.15, 0.2) is 11.6 Å². The first kappa shape index (κ1) is 31.7. The third-order valence-corrected chi connectivity index (χ3v) is 10.4. The molecular weight excluding hydrogens is 689 g/mol. The lowest BCUT2D eigenvalue weighted by Crippen LogP contribution is -2.05. The summed E-state index contributed by atoms with van der Waals surface area (Å²) in [5, 5.41) is 4.29. The highest BCUT2D eigenvalue weighted by atomic mass is 15.2. The quantitative estimate of drug-likeness (QED) is 0.170. The van der Waals surface area contributed by atoms with Crippen LogP contribution in [0.2, 0.25) is 0 Å². The van der Waals surface area contributed by atoms with Gasteiger partial charge in [-0.1, -0.05) is 91.0 Å². The lowest BCUT2D eigenvalue weighted by molar-refractivity contribution is 0.995. The van der Waals surface area contributed by atoms with Gasteiger partial charge >= 0.3 is 0 Å². The number of rotatable bonds is 6. The van der Waals surface area contributed by atoms with Crippen LogP contribution in [-0.2, 0) is 0 Å². The van der Waals surface area contributed by atoms with E-state index in [4.69, 9.17) is 9.97 Å². The molecule has 0 atom stereocenters. The van der Waals surface area contributed by atoms with Crippen molar-refractivity contribution < 1.29 is 0 Å². The van der Waals surface area contributed by atoms with Crippen LogP contribution in [0.4, 0.5) is 0 Å². The minimum absolute atomic E-state index is 0.574. The summed E-state index contributed by atoms with van der Waals surface area (Å²) >= 11 is 0. The van der Waals surface area contributed by atoms with E-state index < -0.39 is 0 Å². The third kappa shape index (κ3) is 5.15. The smallest absolute Gasteiger partial charge is 0.235 e. The van der Waals surface area contributed by atoms with Crippen LogP contribution in [0.1, 0.15) is 0 Å². The number of nitrogens with zero attached hydrogens (tertiary/aromatic N) is 8. The van der Waals surface area contributed by atoms with Gasteiger partial charge in [0.25, 0.3) is 0 Å². The van der Waals surface area contributed by atoms with Gasteiger partial charge in [-0.15, -0.1) is 0 Å². The molecular formula is C48H30N8. The molecule has 0 aliphatic heterocycles. The van der Waals surface area contributed by atoms with Gasteiger partial charge in [0.05, 0.1) is 33.5 Å². The average Bonchev–Trinajstić information content (AvgIpc) is 3.80. The van der Waals surface area contributed by atoms with Crippen LogP contribution in [0.5, 0.6) is 0 Å². The predicted octanol–water partition coefficient (Wildman–Crippen LogP) is 10.9. The molecule has 0 aliphatic carbocycles. The molecule has 8 heteroatoms. The summed E-state index contributed by atoms with van der Waals surface area (Å²) < 4.78 is 4.60. The second kappa shape index (κ2) is 12.9. The summed E-state index contributed by atoms with van der Waals surface area (Å²) in [6.07, 6.45) is 7.12. The molecule has 56 heavy (non-hydrogen) atoms. The maximum atomic E-state index is 5.37. The van der Waals surface area contributed by atoms with E-state index in [1.807, 2.05) is 48.5 Å². The SMILES string of the molecule is c1ccc(-c2cc(-c3ccccc3)nc(-n3c4ccc(-c5ncccn5)cc4c4ccc5c6cc(-c7ncccn7)ccc6n(-c6ccccc6)c5c43)n2)cc1. The van der Waals surface area contributed by atoms with Gasteiger partial charge in [-0.2, -0.15) is 0 Å². The van der Waals surface area contributed by atoms with E-state index in [0.717, 1.165) is 82.9 Å². The Hall–Kier alpha value is -7.84. The highest BCUT2D eigenvalue weighted by molar-refractivity contribution is 6.24. The highest BCUT2D eigenvalue weighted by Gasteiger charge is 2.24. The molecule has 11 aromatic rings. The standard InChI is InChI=1S/C48H30N8/c1-4-12-31(13-5-1)40-30-41(32-14-6-2-7-15-32)54-48(53-40)56-43-23-19-34(47-51-26-11-27-52-47)29-39(43)37-21-20-36-38-28-33(46-49-24-10-25-50-46)18-22-42(38)55(44(36)45(37)56)35-16-8-3-9-17-35/h1-30H. The minimum atomic E-state index is 0.574. The highest BCUT2D eigenvalue weighted by Crippen LogP contribution is 2.43. The van der Waals surface area contributed by atoms with E-state index in [1.165, 1.54) is 0 Å². The summed E-state index contributed by atoms with van der Waals surface area (Å²) in [5.41, 5.74) is 10.7. The first-order chi connectivity index (χ1) is 27.8. The number of fused-ring (bicyclic) bond motifs is 7. The van der Waals surface area contributed by atoms with Gasteiger partial charge in [-0.25, -0.2) is 29.9 Å². The molecule has 11 rings (SSSR count). The Morgan fingerprint density at radius 2 is 0.786 bits per heavy atom. The molecule has 5 aromatic heterocycles. The van der Waals surface area contributed by atoms with E-state index in [-0.39, 0.29) is 0 Å². The molecule has 0 amide bonds. The number of aromatic nitrogens is 8. The maximum Gasteiger partial charge on any atom is 0.235 e. The fourth-order valence-corrected chi connectivity index (χ4v) is 7.88. The Morgan fingerprint density at radius 1 is 0.339 bits per heavy atom. The van der Waals surface area contributed by atoms with Crippen LogP contribution in [0.25, 0.3) is 101 Å². The van der Waals surface area contributed by atoms with Crippen LogP contribution in [-0.4, -0.2) is 39.0 Å². The number of hydrogen-bond donors (Lipinski definition) is 0. The van der Waals surface area contributed by atoms with E-state index in [9.17, 15) is 0 Å². The van der Waals surface area contributed by atoms with Crippen molar-refractivity contribution in [3.63, 3.8) is 0 Å². The summed E-state index contributed by atoms with van der Waals surface area (Å²) in [6.45, 7) is 0.